The molecule has 2 saturated heterocycles. The second-order valence-electron chi connectivity index (χ2n) is 9.56. The van der Waals surface area contributed by atoms with Gasteiger partial charge >= 0.3 is 5.97 Å². The Kier molecular flexibility index (Phi) is 6.03. The molecule has 2 aromatic carbocycles. The number of nitro groups is 1. The number of aryl methyl sites for hydroxylation is 1. The highest BCUT2D eigenvalue weighted by Crippen LogP contribution is 2.40. The van der Waals surface area contributed by atoms with Crippen molar-refractivity contribution in [3.63, 3.8) is 0 Å². The molecule has 0 bridgehead atoms. The van der Waals surface area contributed by atoms with Crippen LogP contribution in [0.15, 0.2) is 42.5 Å². The van der Waals surface area contributed by atoms with E-state index in [1.807, 2.05) is 0 Å². The standard InChI is InChI=1S/C26H25N3O7/c1-15-6-7-18(13-22(15)29(34)35)27-14-16(12-23(27)30)26(33)36-19-10-8-17(9-11-19)28-24(31)20-4-2-3-5-21(20)25(28)32/h6-11,13,16,20-21H,2-5,12,14H2,1H3/t16-,20-,21+/m1/s1. The maximum absolute atomic E-state index is 12.8. The Morgan fingerprint density at radius 1 is 0.972 bits per heavy atom. The van der Waals surface area contributed by atoms with Crippen molar-refractivity contribution in [2.45, 2.75) is 39.0 Å². The van der Waals surface area contributed by atoms with E-state index in [0.717, 1.165) is 25.7 Å². The van der Waals surface area contributed by atoms with E-state index in [9.17, 15) is 29.3 Å². The highest BCUT2D eigenvalue weighted by Gasteiger charge is 2.48. The molecule has 2 aliphatic heterocycles. The molecule has 0 aromatic heterocycles. The molecule has 186 valence electrons. The third kappa shape index (κ3) is 4.12. The second kappa shape index (κ2) is 9.18. The van der Waals surface area contributed by atoms with Gasteiger partial charge in [0.1, 0.15) is 5.75 Å². The van der Waals surface area contributed by atoms with Gasteiger partial charge in [0, 0.05) is 24.6 Å². The van der Waals surface area contributed by atoms with Crippen LogP contribution in [-0.2, 0) is 19.2 Å². The summed E-state index contributed by atoms with van der Waals surface area (Å²) in [6, 6.07) is 10.7. The van der Waals surface area contributed by atoms with Crippen molar-refractivity contribution < 1.29 is 28.8 Å². The van der Waals surface area contributed by atoms with E-state index in [-0.39, 0.29) is 54.0 Å². The Hall–Kier alpha value is -4.08. The van der Waals surface area contributed by atoms with E-state index < -0.39 is 16.8 Å². The number of esters is 1. The molecule has 3 aliphatic rings. The molecule has 3 atom stereocenters. The molecule has 2 heterocycles. The van der Waals surface area contributed by atoms with Crippen molar-refractivity contribution in [2.24, 2.45) is 17.8 Å². The van der Waals surface area contributed by atoms with Gasteiger partial charge in [-0.1, -0.05) is 18.9 Å². The van der Waals surface area contributed by atoms with Crippen LogP contribution in [-0.4, -0.2) is 35.2 Å². The molecule has 10 nitrogen and oxygen atoms in total. The summed E-state index contributed by atoms with van der Waals surface area (Å²) in [4.78, 5) is 64.2. The molecule has 1 aliphatic carbocycles. The van der Waals surface area contributed by atoms with Crippen LogP contribution in [0.4, 0.5) is 17.1 Å². The van der Waals surface area contributed by atoms with Crippen LogP contribution in [0.2, 0.25) is 0 Å². The minimum absolute atomic E-state index is 0.0511. The molecule has 0 spiro atoms. The van der Waals surface area contributed by atoms with E-state index in [2.05, 4.69) is 0 Å². The van der Waals surface area contributed by atoms with Crippen LogP contribution in [0.5, 0.6) is 5.75 Å². The molecule has 36 heavy (non-hydrogen) atoms. The molecule has 1 saturated carbocycles. The Balaban J connectivity index is 1.25. The van der Waals surface area contributed by atoms with Gasteiger partial charge in [-0.2, -0.15) is 0 Å². The minimum atomic E-state index is -0.734. The molecule has 0 N–H and O–H groups in total. The van der Waals surface area contributed by atoms with Crippen molar-refractivity contribution in [1.82, 2.24) is 0 Å². The molecule has 2 aromatic rings. The van der Waals surface area contributed by atoms with Crippen molar-refractivity contribution >= 4 is 40.8 Å². The van der Waals surface area contributed by atoms with E-state index in [1.165, 1.54) is 28.0 Å². The number of amides is 3. The summed E-state index contributed by atoms with van der Waals surface area (Å²) in [5.41, 5.74) is 1.19. The lowest BCUT2D eigenvalue weighted by atomic mass is 9.81. The topological polar surface area (TPSA) is 127 Å². The monoisotopic (exact) mass is 491 g/mol. The molecular weight excluding hydrogens is 466 g/mol. The average Bonchev–Trinajstić information content (AvgIpc) is 3.37. The lowest BCUT2D eigenvalue weighted by Gasteiger charge is -2.19. The number of nitrogens with zero attached hydrogens (tertiary/aromatic N) is 3. The van der Waals surface area contributed by atoms with Gasteiger partial charge in [-0.05, 0) is 50.1 Å². The summed E-state index contributed by atoms with van der Waals surface area (Å²) in [7, 11) is 0. The maximum Gasteiger partial charge on any atom is 0.316 e. The zero-order chi connectivity index (χ0) is 25.6. The summed E-state index contributed by atoms with van der Waals surface area (Å²) < 4.78 is 5.46. The van der Waals surface area contributed by atoms with E-state index in [4.69, 9.17) is 4.74 Å². The molecule has 3 fully saturated rings. The quantitative estimate of drug-likeness (QED) is 0.206. The molecule has 3 amide bonds. The number of nitro benzene ring substituents is 1. The van der Waals surface area contributed by atoms with Crippen molar-refractivity contribution in [3.05, 3.63) is 58.1 Å². The van der Waals surface area contributed by atoms with Crippen LogP contribution < -0.4 is 14.5 Å². The fraction of sp³-hybridized carbons (Fsp3) is 0.385. The van der Waals surface area contributed by atoms with E-state index in [0.29, 0.717) is 16.9 Å². The van der Waals surface area contributed by atoms with Gasteiger partial charge in [0.2, 0.25) is 17.7 Å². The first-order chi connectivity index (χ1) is 17.2. The fourth-order valence-electron chi connectivity index (χ4n) is 5.36. The third-order valence-corrected chi connectivity index (χ3v) is 7.31. The fourth-order valence-corrected chi connectivity index (χ4v) is 5.36. The lowest BCUT2D eigenvalue weighted by molar-refractivity contribution is -0.385. The van der Waals surface area contributed by atoms with Gasteiger partial charge in [-0.15, -0.1) is 0 Å². The number of fused-ring (bicyclic) bond motifs is 1. The second-order valence-corrected chi connectivity index (χ2v) is 9.56. The average molecular weight is 492 g/mol. The first-order valence-corrected chi connectivity index (χ1v) is 12.0. The Labute approximate surface area is 207 Å². The number of hydrogen-bond donors (Lipinski definition) is 0. The lowest BCUT2D eigenvalue weighted by Crippen LogP contribution is -2.30. The first kappa shape index (κ1) is 23.7. The van der Waals surface area contributed by atoms with Gasteiger partial charge in [-0.3, -0.25) is 34.2 Å². The summed E-state index contributed by atoms with van der Waals surface area (Å²) in [6.45, 7) is 1.66. The summed E-state index contributed by atoms with van der Waals surface area (Å²) in [5.74, 6) is -2.26. The number of ether oxygens (including phenoxy) is 1. The predicted octanol–water partition coefficient (Wildman–Crippen LogP) is 3.54. The smallest absolute Gasteiger partial charge is 0.316 e. The Morgan fingerprint density at radius 3 is 2.19 bits per heavy atom. The predicted molar refractivity (Wildman–Crippen MR) is 128 cm³/mol. The molecule has 0 radical (unpaired) electrons. The number of rotatable bonds is 5. The largest absolute Gasteiger partial charge is 0.426 e. The number of anilines is 2. The van der Waals surface area contributed by atoms with Gasteiger partial charge in [-0.25, -0.2) is 0 Å². The number of carbonyl (C=O) groups excluding carboxylic acids is 4. The summed E-state index contributed by atoms with van der Waals surface area (Å²) >= 11 is 0. The Morgan fingerprint density at radius 2 is 1.58 bits per heavy atom. The molecule has 5 rings (SSSR count). The van der Waals surface area contributed by atoms with Gasteiger partial charge in [0.05, 0.1) is 34.1 Å². The highest BCUT2D eigenvalue weighted by atomic mass is 16.6. The number of carbonyl (C=O) groups is 4. The Bertz CT molecular complexity index is 1250. The molecule has 10 heteroatoms. The van der Waals surface area contributed by atoms with E-state index in [1.54, 1.807) is 31.2 Å². The van der Waals surface area contributed by atoms with Crippen LogP contribution in [0.1, 0.15) is 37.7 Å². The zero-order valence-corrected chi connectivity index (χ0v) is 19.7. The number of benzene rings is 2. The van der Waals surface area contributed by atoms with Crippen molar-refractivity contribution in [3.8, 4) is 5.75 Å². The number of hydrogen-bond acceptors (Lipinski definition) is 7. The normalized spacial score (nSPS) is 23.7. The van der Waals surface area contributed by atoms with Crippen LogP contribution in [0.3, 0.4) is 0 Å². The summed E-state index contributed by atoms with van der Waals surface area (Å²) in [6.07, 6.45) is 3.29. The van der Waals surface area contributed by atoms with Crippen molar-refractivity contribution in [1.29, 1.82) is 0 Å². The van der Waals surface area contributed by atoms with Crippen LogP contribution in [0, 0.1) is 34.8 Å². The minimum Gasteiger partial charge on any atom is -0.426 e. The highest BCUT2D eigenvalue weighted by molar-refractivity contribution is 6.22. The SMILES string of the molecule is Cc1ccc(N2C[C@H](C(=O)Oc3ccc(N4C(=O)[C@H]5CCCC[C@H]5C4=O)cc3)CC2=O)cc1[N+](=O)[O-]. The molecule has 0 unspecified atom stereocenters. The van der Waals surface area contributed by atoms with Crippen LogP contribution >= 0.6 is 0 Å². The zero-order valence-electron chi connectivity index (χ0n) is 19.7. The molecular formula is C26H25N3O7. The van der Waals surface area contributed by atoms with Gasteiger partial charge < -0.3 is 9.64 Å². The van der Waals surface area contributed by atoms with Gasteiger partial charge in [0.15, 0.2) is 0 Å². The van der Waals surface area contributed by atoms with Crippen LogP contribution in [0.25, 0.3) is 0 Å². The summed E-state index contributed by atoms with van der Waals surface area (Å²) in [5, 5.41) is 11.2. The third-order valence-electron chi connectivity index (χ3n) is 7.31. The van der Waals surface area contributed by atoms with E-state index >= 15 is 0 Å². The number of imide groups is 1. The first-order valence-electron chi connectivity index (χ1n) is 12.0. The van der Waals surface area contributed by atoms with Gasteiger partial charge in [0.25, 0.3) is 5.69 Å². The van der Waals surface area contributed by atoms with Crippen molar-refractivity contribution in [2.75, 3.05) is 16.3 Å². The maximum atomic E-state index is 12.8.